The molecule has 4 rings (SSSR count). The Labute approximate surface area is 157 Å². The van der Waals surface area contributed by atoms with Gasteiger partial charge in [-0.3, -0.25) is 4.72 Å². The zero-order chi connectivity index (χ0) is 17.4. The van der Waals surface area contributed by atoms with Gasteiger partial charge in [0.2, 0.25) is 0 Å². The van der Waals surface area contributed by atoms with E-state index in [2.05, 4.69) is 70.5 Å². The van der Waals surface area contributed by atoms with Gasteiger partial charge in [0.15, 0.2) is 0 Å². The molecule has 1 aromatic heterocycles. The first kappa shape index (κ1) is 17.0. The molecule has 5 heteroatoms. The lowest BCUT2D eigenvalue weighted by Crippen LogP contribution is -2.18. The number of hydrogen-bond acceptors (Lipinski definition) is 4. The van der Waals surface area contributed by atoms with Gasteiger partial charge in [0.1, 0.15) is 0 Å². The third kappa shape index (κ3) is 3.22. The van der Waals surface area contributed by atoms with Crippen LogP contribution in [0, 0.1) is 6.92 Å². The van der Waals surface area contributed by atoms with Crippen LogP contribution in [0.25, 0.3) is 22.0 Å². The number of aryl methyl sites for hydroxylation is 1. The number of hydrogen-bond donors (Lipinski definition) is 2. The summed E-state index contributed by atoms with van der Waals surface area (Å²) in [6.45, 7) is 5.52. The smallest absolute Gasteiger partial charge is 0.0463 e. The van der Waals surface area contributed by atoms with E-state index in [1.54, 1.807) is 11.9 Å². The summed E-state index contributed by atoms with van der Waals surface area (Å²) >= 11 is 3.66. The first-order valence-corrected chi connectivity index (χ1v) is 10.4. The average molecular weight is 370 g/mol. The molecular weight excluding hydrogens is 346 g/mol. The van der Waals surface area contributed by atoms with E-state index in [4.69, 9.17) is 0 Å². The summed E-state index contributed by atoms with van der Waals surface area (Å²) in [6.07, 6.45) is 2.14. The molecule has 0 saturated carbocycles. The number of rotatable bonds is 5. The van der Waals surface area contributed by atoms with Crippen LogP contribution in [0.4, 0.5) is 0 Å². The normalized spacial score (nSPS) is 17.3. The quantitative estimate of drug-likeness (QED) is 0.466. The molecule has 0 amide bonds. The van der Waals surface area contributed by atoms with Crippen molar-refractivity contribution in [1.29, 1.82) is 0 Å². The highest BCUT2D eigenvalue weighted by Gasteiger charge is 2.28. The number of nitrogens with zero attached hydrogens (tertiary/aromatic N) is 1. The SMILES string of the molecule is CNSCCN1Sc2ccc(-c3c[nH]c4cc(C)ccc34)cc2C1C. The monoisotopic (exact) mass is 369 g/mol. The Morgan fingerprint density at radius 2 is 2.12 bits per heavy atom. The van der Waals surface area contributed by atoms with E-state index >= 15 is 0 Å². The van der Waals surface area contributed by atoms with Crippen LogP contribution in [0.5, 0.6) is 0 Å². The molecule has 2 heterocycles. The standard InChI is InChI=1S/C20H23N3S2/c1-13-4-6-16-18(12-22-19(16)10-13)15-5-7-20-17(11-15)14(2)23(25-20)8-9-24-21-3/h4-7,10-12,14,21-22H,8-9H2,1-3H3. The van der Waals surface area contributed by atoms with E-state index < -0.39 is 0 Å². The van der Waals surface area contributed by atoms with Gasteiger partial charge in [-0.2, -0.15) is 0 Å². The van der Waals surface area contributed by atoms with Crippen molar-refractivity contribution in [3.8, 4) is 11.1 Å². The maximum atomic E-state index is 3.42. The van der Waals surface area contributed by atoms with Gasteiger partial charge >= 0.3 is 0 Å². The van der Waals surface area contributed by atoms with Crippen LogP contribution < -0.4 is 4.72 Å². The minimum atomic E-state index is 0.449. The summed E-state index contributed by atoms with van der Waals surface area (Å²) in [6, 6.07) is 14.0. The fourth-order valence-electron chi connectivity index (χ4n) is 3.44. The molecule has 25 heavy (non-hydrogen) atoms. The molecule has 1 aliphatic heterocycles. The molecule has 2 aromatic carbocycles. The number of H-pyrrole nitrogens is 1. The highest BCUT2D eigenvalue weighted by atomic mass is 32.2. The van der Waals surface area contributed by atoms with Crippen LogP contribution in [0.3, 0.4) is 0 Å². The van der Waals surface area contributed by atoms with Crippen LogP contribution in [-0.4, -0.2) is 28.6 Å². The molecule has 1 unspecified atom stereocenters. The molecule has 2 N–H and O–H groups in total. The maximum absolute atomic E-state index is 3.42. The number of fused-ring (bicyclic) bond motifs is 2. The molecule has 0 spiro atoms. The highest BCUT2D eigenvalue weighted by Crippen LogP contribution is 2.45. The van der Waals surface area contributed by atoms with E-state index in [-0.39, 0.29) is 0 Å². The second kappa shape index (κ2) is 7.08. The molecule has 0 saturated heterocycles. The van der Waals surface area contributed by atoms with Crippen LogP contribution >= 0.6 is 23.9 Å². The molecule has 0 radical (unpaired) electrons. The summed E-state index contributed by atoms with van der Waals surface area (Å²) in [5.74, 6) is 1.09. The average Bonchev–Trinajstić information content (AvgIpc) is 3.16. The van der Waals surface area contributed by atoms with Gasteiger partial charge in [0, 0.05) is 45.9 Å². The Kier molecular flexibility index (Phi) is 4.82. The lowest BCUT2D eigenvalue weighted by molar-refractivity contribution is 0.416. The van der Waals surface area contributed by atoms with Gasteiger partial charge < -0.3 is 4.98 Å². The van der Waals surface area contributed by atoms with Crippen LogP contribution in [0.15, 0.2) is 47.5 Å². The highest BCUT2D eigenvalue weighted by molar-refractivity contribution is 7.98. The van der Waals surface area contributed by atoms with E-state index in [0.717, 1.165) is 12.3 Å². The summed E-state index contributed by atoms with van der Waals surface area (Å²) in [5.41, 5.74) is 6.53. The van der Waals surface area contributed by atoms with Crippen molar-refractivity contribution in [3.05, 3.63) is 53.7 Å². The second-order valence-electron chi connectivity index (χ2n) is 6.46. The summed E-state index contributed by atoms with van der Waals surface area (Å²) < 4.78 is 5.64. The number of aromatic amines is 1. The molecule has 0 aliphatic carbocycles. The lowest BCUT2D eigenvalue weighted by Gasteiger charge is -2.19. The fourth-order valence-corrected chi connectivity index (χ4v) is 5.22. The van der Waals surface area contributed by atoms with Gasteiger partial charge in [-0.1, -0.05) is 30.1 Å². The summed E-state index contributed by atoms with van der Waals surface area (Å²) in [4.78, 5) is 4.81. The van der Waals surface area contributed by atoms with Crippen LogP contribution in [0.2, 0.25) is 0 Å². The Hall–Kier alpha value is -1.40. The first-order valence-electron chi connectivity index (χ1n) is 8.62. The van der Waals surface area contributed by atoms with Crippen LogP contribution in [-0.2, 0) is 0 Å². The summed E-state index contributed by atoms with van der Waals surface area (Å²) in [7, 11) is 1.98. The topological polar surface area (TPSA) is 31.1 Å². The van der Waals surface area contributed by atoms with Gasteiger partial charge in [0.05, 0.1) is 0 Å². The molecule has 1 aliphatic rings. The van der Waals surface area contributed by atoms with Crippen molar-refractivity contribution < 1.29 is 0 Å². The largest absolute Gasteiger partial charge is 0.361 e. The minimum absolute atomic E-state index is 0.449. The van der Waals surface area contributed by atoms with Crippen molar-refractivity contribution in [2.75, 3.05) is 19.3 Å². The Balaban J connectivity index is 1.64. The van der Waals surface area contributed by atoms with Crippen LogP contribution in [0.1, 0.15) is 24.1 Å². The number of benzene rings is 2. The van der Waals surface area contributed by atoms with Crippen molar-refractivity contribution in [2.24, 2.45) is 0 Å². The molecule has 130 valence electrons. The fraction of sp³-hybridized carbons (Fsp3) is 0.300. The Bertz CT molecular complexity index is 903. The Morgan fingerprint density at radius 3 is 2.96 bits per heavy atom. The van der Waals surface area contributed by atoms with Gasteiger partial charge in [-0.05, 0) is 67.7 Å². The predicted molar refractivity (Wildman–Crippen MR) is 111 cm³/mol. The van der Waals surface area contributed by atoms with Crippen molar-refractivity contribution in [2.45, 2.75) is 24.8 Å². The van der Waals surface area contributed by atoms with Gasteiger partial charge in [-0.25, -0.2) is 4.31 Å². The molecule has 3 nitrogen and oxygen atoms in total. The van der Waals surface area contributed by atoms with Crippen molar-refractivity contribution >= 4 is 34.8 Å². The molecule has 0 bridgehead atoms. The lowest BCUT2D eigenvalue weighted by atomic mass is 9.99. The number of nitrogens with one attached hydrogen (secondary N) is 2. The van der Waals surface area contributed by atoms with Gasteiger partial charge in [0.25, 0.3) is 0 Å². The summed E-state index contributed by atoms with van der Waals surface area (Å²) in [5, 5.41) is 1.30. The first-order chi connectivity index (χ1) is 12.2. The second-order valence-corrected chi connectivity index (χ2v) is 8.66. The van der Waals surface area contributed by atoms with E-state index in [1.165, 1.54) is 38.1 Å². The van der Waals surface area contributed by atoms with Crippen molar-refractivity contribution in [3.63, 3.8) is 0 Å². The molecule has 3 aromatic rings. The predicted octanol–water partition coefficient (Wildman–Crippen LogP) is 5.39. The number of aromatic nitrogens is 1. The molecular formula is C20H23N3S2. The minimum Gasteiger partial charge on any atom is -0.361 e. The van der Waals surface area contributed by atoms with Gasteiger partial charge in [-0.15, -0.1) is 0 Å². The molecule has 0 fully saturated rings. The zero-order valence-corrected chi connectivity index (χ0v) is 16.4. The van der Waals surface area contributed by atoms with E-state index in [0.29, 0.717) is 6.04 Å². The van der Waals surface area contributed by atoms with E-state index in [1.807, 2.05) is 19.0 Å². The maximum Gasteiger partial charge on any atom is 0.0463 e. The Morgan fingerprint density at radius 1 is 1.24 bits per heavy atom. The van der Waals surface area contributed by atoms with Crippen molar-refractivity contribution in [1.82, 2.24) is 14.0 Å². The zero-order valence-electron chi connectivity index (χ0n) is 14.8. The third-order valence-electron chi connectivity index (χ3n) is 4.81. The third-order valence-corrected chi connectivity index (χ3v) is 6.79. The molecule has 1 atom stereocenters. The van der Waals surface area contributed by atoms with E-state index in [9.17, 15) is 0 Å².